The maximum atomic E-state index is 5.41. The fourth-order valence-electron chi connectivity index (χ4n) is 1.05. The molecule has 0 aliphatic heterocycles. The van der Waals surface area contributed by atoms with E-state index in [1.165, 1.54) is 0 Å². The van der Waals surface area contributed by atoms with Crippen molar-refractivity contribution < 1.29 is 14.2 Å². The van der Waals surface area contributed by atoms with Crippen LogP contribution in [-0.4, -0.2) is 46.2 Å². The molecule has 0 aromatic carbocycles. The van der Waals surface area contributed by atoms with E-state index in [0.29, 0.717) is 38.9 Å². The van der Waals surface area contributed by atoms with E-state index in [2.05, 4.69) is 13.8 Å². The Kier molecular flexibility index (Phi) is 12.8. The Labute approximate surface area is 99.4 Å². The lowest BCUT2D eigenvalue weighted by Crippen LogP contribution is -2.11. The van der Waals surface area contributed by atoms with Gasteiger partial charge >= 0.3 is 0 Å². The van der Waals surface area contributed by atoms with E-state index in [4.69, 9.17) is 19.9 Å². The van der Waals surface area contributed by atoms with E-state index in [1.807, 2.05) is 0 Å². The molecule has 2 N–H and O–H groups in total. The van der Waals surface area contributed by atoms with Crippen LogP contribution in [0.4, 0.5) is 0 Å². The van der Waals surface area contributed by atoms with Crippen LogP contribution in [0.3, 0.4) is 0 Å². The molecule has 0 unspecified atom stereocenters. The highest BCUT2D eigenvalue weighted by Crippen LogP contribution is 1.98. The largest absolute Gasteiger partial charge is 0.379 e. The predicted molar refractivity (Wildman–Crippen MR) is 65.6 cm³/mol. The SMILES string of the molecule is CC(C)CCOCCOCCOCCCN. The van der Waals surface area contributed by atoms with Crippen LogP contribution >= 0.6 is 0 Å². The lowest BCUT2D eigenvalue weighted by Gasteiger charge is -2.07. The maximum Gasteiger partial charge on any atom is 0.0701 e. The highest BCUT2D eigenvalue weighted by atomic mass is 16.5. The molecule has 0 aromatic heterocycles. The average Bonchev–Trinajstić information content (AvgIpc) is 2.25. The molecule has 4 nitrogen and oxygen atoms in total. The molecule has 0 aliphatic rings. The van der Waals surface area contributed by atoms with Crippen LogP contribution in [0.5, 0.6) is 0 Å². The van der Waals surface area contributed by atoms with E-state index in [9.17, 15) is 0 Å². The molecule has 0 rings (SSSR count). The second-order valence-electron chi connectivity index (χ2n) is 4.16. The Bertz CT molecular complexity index is 131. The molecule has 0 saturated heterocycles. The van der Waals surface area contributed by atoms with Crippen LogP contribution in [-0.2, 0) is 14.2 Å². The zero-order chi connectivity index (χ0) is 12.1. The molecule has 0 saturated carbocycles. The molecule has 98 valence electrons. The monoisotopic (exact) mass is 233 g/mol. The minimum absolute atomic E-state index is 0.637. The van der Waals surface area contributed by atoms with Crippen molar-refractivity contribution in [2.45, 2.75) is 26.7 Å². The maximum absolute atomic E-state index is 5.41. The van der Waals surface area contributed by atoms with Crippen molar-refractivity contribution in [3.8, 4) is 0 Å². The van der Waals surface area contributed by atoms with Gasteiger partial charge in [-0.3, -0.25) is 0 Å². The van der Waals surface area contributed by atoms with Gasteiger partial charge in [0.25, 0.3) is 0 Å². The number of hydrogen-bond donors (Lipinski definition) is 1. The minimum atomic E-state index is 0.637. The molecule has 0 radical (unpaired) electrons. The first-order valence-corrected chi connectivity index (χ1v) is 6.20. The molecule has 0 aromatic rings. The third-order valence-corrected chi connectivity index (χ3v) is 2.08. The van der Waals surface area contributed by atoms with Gasteiger partial charge < -0.3 is 19.9 Å². The standard InChI is InChI=1S/C12H27NO3/c1-12(2)4-7-15-9-11-16-10-8-14-6-3-5-13/h12H,3-11,13H2,1-2H3. The van der Waals surface area contributed by atoms with E-state index in [-0.39, 0.29) is 0 Å². The Morgan fingerprint density at radius 2 is 1.31 bits per heavy atom. The van der Waals surface area contributed by atoms with Crippen LogP contribution in [0.1, 0.15) is 26.7 Å². The number of ether oxygens (including phenoxy) is 3. The molecule has 0 bridgehead atoms. The van der Waals surface area contributed by atoms with Gasteiger partial charge in [0.1, 0.15) is 0 Å². The highest BCUT2D eigenvalue weighted by Gasteiger charge is 1.94. The Hall–Kier alpha value is -0.160. The molecule has 0 atom stereocenters. The minimum Gasteiger partial charge on any atom is -0.379 e. The first-order chi connectivity index (χ1) is 7.77. The molecular weight excluding hydrogens is 206 g/mol. The number of rotatable bonds is 12. The topological polar surface area (TPSA) is 53.7 Å². The molecule has 0 fully saturated rings. The smallest absolute Gasteiger partial charge is 0.0701 e. The van der Waals surface area contributed by atoms with E-state index in [1.54, 1.807) is 0 Å². The summed E-state index contributed by atoms with van der Waals surface area (Å²) in [5, 5.41) is 0. The van der Waals surface area contributed by atoms with Gasteiger partial charge in [-0.1, -0.05) is 13.8 Å². The zero-order valence-corrected chi connectivity index (χ0v) is 10.7. The van der Waals surface area contributed by atoms with Crippen molar-refractivity contribution in [3.63, 3.8) is 0 Å². The summed E-state index contributed by atoms with van der Waals surface area (Å²) in [7, 11) is 0. The fourth-order valence-corrected chi connectivity index (χ4v) is 1.05. The predicted octanol–water partition coefficient (Wildman–Crippen LogP) is 1.43. The summed E-state index contributed by atoms with van der Waals surface area (Å²) in [6.45, 7) is 9.23. The van der Waals surface area contributed by atoms with Crippen LogP contribution < -0.4 is 5.73 Å². The lowest BCUT2D eigenvalue weighted by atomic mass is 10.1. The van der Waals surface area contributed by atoms with Gasteiger partial charge in [-0.25, -0.2) is 0 Å². The molecule has 16 heavy (non-hydrogen) atoms. The van der Waals surface area contributed by atoms with Gasteiger partial charge in [-0.15, -0.1) is 0 Å². The van der Waals surface area contributed by atoms with Crippen molar-refractivity contribution in [2.75, 3.05) is 46.2 Å². The van der Waals surface area contributed by atoms with Crippen LogP contribution in [0, 0.1) is 5.92 Å². The molecule has 0 spiro atoms. The summed E-state index contributed by atoms with van der Waals surface area (Å²) in [6.07, 6.45) is 2.03. The quantitative estimate of drug-likeness (QED) is 0.518. The summed E-state index contributed by atoms with van der Waals surface area (Å²) in [5.41, 5.74) is 5.33. The fraction of sp³-hybridized carbons (Fsp3) is 1.00. The third kappa shape index (κ3) is 13.8. The second-order valence-corrected chi connectivity index (χ2v) is 4.16. The van der Waals surface area contributed by atoms with Gasteiger partial charge in [0.2, 0.25) is 0 Å². The van der Waals surface area contributed by atoms with Gasteiger partial charge in [0.15, 0.2) is 0 Å². The molecular formula is C12H27NO3. The molecule has 4 heteroatoms. The van der Waals surface area contributed by atoms with Gasteiger partial charge in [-0.2, -0.15) is 0 Å². The van der Waals surface area contributed by atoms with Gasteiger partial charge in [-0.05, 0) is 25.3 Å². The van der Waals surface area contributed by atoms with Crippen LogP contribution in [0.15, 0.2) is 0 Å². The third-order valence-electron chi connectivity index (χ3n) is 2.08. The molecule has 0 aliphatic carbocycles. The summed E-state index contributed by atoms with van der Waals surface area (Å²) in [4.78, 5) is 0. The first kappa shape index (κ1) is 15.8. The van der Waals surface area contributed by atoms with Crippen molar-refractivity contribution >= 4 is 0 Å². The first-order valence-electron chi connectivity index (χ1n) is 6.20. The normalized spacial score (nSPS) is 11.2. The summed E-state index contributed by atoms with van der Waals surface area (Å²) < 4.78 is 16.0. The van der Waals surface area contributed by atoms with Gasteiger partial charge in [0.05, 0.1) is 26.4 Å². The summed E-state index contributed by atoms with van der Waals surface area (Å²) in [5.74, 6) is 0.705. The van der Waals surface area contributed by atoms with E-state index in [0.717, 1.165) is 26.1 Å². The Morgan fingerprint density at radius 1 is 0.812 bits per heavy atom. The average molecular weight is 233 g/mol. The number of nitrogens with two attached hydrogens (primary N) is 1. The molecule has 0 amide bonds. The van der Waals surface area contributed by atoms with Crippen molar-refractivity contribution in [1.29, 1.82) is 0 Å². The Morgan fingerprint density at radius 3 is 1.81 bits per heavy atom. The zero-order valence-electron chi connectivity index (χ0n) is 10.7. The lowest BCUT2D eigenvalue weighted by molar-refractivity contribution is 0.0127. The highest BCUT2D eigenvalue weighted by molar-refractivity contribution is 4.42. The number of hydrogen-bond acceptors (Lipinski definition) is 4. The van der Waals surface area contributed by atoms with Crippen molar-refractivity contribution in [1.82, 2.24) is 0 Å². The summed E-state index contributed by atoms with van der Waals surface area (Å²) >= 11 is 0. The second kappa shape index (κ2) is 12.9. The van der Waals surface area contributed by atoms with Crippen molar-refractivity contribution in [2.24, 2.45) is 11.7 Å². The Balaban J connectivity index is 2.88. The molecule has 0 heterocycles. The summed E-state index contributed by atoms with van der Waals surface area (Å²) in [6, 6.07) is 0. The van der Waals surface area contributed by atoms with Crippen molar-refractivity contribution in [3.05, 3.63) is 0 Å². The van der Waals surface area contributed by atoms with Gasteiger partial charge in [0, 0.05) is 13.2 Å². The van der Waals surface area contributed by atoms with E-state index >= 15 is 0 Å². The van der Waals surface area contributed by atoms with E-state index < -0.39 is 0 Å². The van der Waals surface area contributed by atoms with Crippen LogP contribution in [0.25, 0.3) is 0 Å². The van der Waals surface area contributed by atoms with Crippen LogP contribution in [0.2, 0.25) is 0 Å².